The Bertz CT molecular complexity index is 278. The number of hydrogen-bond donors (Lipinski definition) is 1. The predicted octanol–water partition coefficient (Wildman–Crippen LogP) is 2.48. The molecule has 15 heavy (non-hydrogen) atoms. The minimum Gasteiger partial charge on any atom is -0.354 e. The quantitative estimate of drug-likeness (QED) is 0.730. The van der Waals surface area contributed by atoms with Crippen LogP contribution in [0.3, 0.4) is 0 Å². The molecule has 1 N–H and O–H groups in total. The Balaban J connectivity index is 2.31. The predicted molar refractivity (Wildman–Crippen MR) is 61.9 cm³/mol. The van der Waals surface area contributed by atoms with Crippen molar-refractivity contribution in [1.82, 2.24) is 15.0 Å². The van der Waals surface area contributed by atoms with E-state index in [1.165, 1.54) is 25.7 Å². The lowest BCUT2D eigenvalue weighted by atomic mass is 10.2. The van der Waals surface area contributed by atoms with Gasteiger partial charge in [0, 0.05) is 6.54 Å². The second kappa shape index (κ2) is 6.32. The van der Waals surface area contributed by atoms with E-state index in [0.717, 1.165) is 18.2 Å². The first-order valence-electron chi connectivity index (χ1n) is 5.65. The van der Waals surface area contributed by atoms with E-state index in [-0.39, 0.29) is 0 Å². The van der Waals surface area contributed by atoms with Gasteiger partial charge in [-0.3, -0.25) is 0 Å². The number of aryl methyl sites for hydroxylation is 2. The first-order valence-corrected chi connectivity index (χ1v) is 5.65. The highest BCUT2D eigenvalue weighted by molar-refractivity contribution is 5.23. The molecule has 0 aromatic carbocycles. The van der Waals surface area contributed by atoms with E-state index in [1.54, 1.807) is 0 Å². The molecule has 0 aliphatic rings. The normalized spacial score (nSPS) is 10.3. The number of hydrogen-bond acceptors (Lipinski definition) is 4. The van der Waals surface area contributed by atoms with Crippen LogP contribution < -0.4 is 5.32 Å². The number of anilines is 1. The molecule has 0 aliphatic heterocycles. The van der Waals surface area contributed by atoms with Crippen molar-refractivity contribution < 1.29 is 0 Å². The third kappa shape index (κ3) is 4.72. The highest BCUT2D eigenvalue weighted by Gasteiger charge is 1.98. The number of aromatic nitrogens is 3. The maximum Gasteiger partial charge on any atom is 0.226 e. The second-order valence-electron chi connectivity index (χ2n) is 3.74. The summed E-state index contributed by atoms with van der Waals surface area (Å²) in [7, 11) is 0. The fourth-order valence-corrected chi connectivity index (χ4v) is 1.45. The zero-order valence-corrected chi connectivity index (χ0v) is 9.88. The summed E-state index contributed by atoms with van der Waals surface area (Å²) in [4.78, 5) is 12.6. The summed E-state index contributed by atoms with van der Waals surface area (Å²) in [5, 5.41) is 3.22. The molecule has 1 rings (SSSR count). The summed E-state index contributed by atoms with van der Waals surface area (Å²) >= 11 is 0. The Morgan fingerprint density at radius 3 is 2.20 bits per heavy atom. The molecule has 0 amide bonds. The molecule has 0 spiro atoms. The lowest BCUT2D eigenvalue weighted by molar-refractivity contribution is 0.682. The molecule has 84 valence electrons. The number of rotatable bonds is 6. The fourth-order valence-electron chi connectivity index (χ4n) is 1.45. The molecule has 0 fully saturated rings. The van der Waals surface area contributed by atoms with Gasteiger partial charge in [-0.25, -0.2) is 4.98 Å². The van der Waals surface area contributed by atoms with Crippen LogP contribution in [0, 0.1) is 13.8 Å². The van der Waals surface area contributed by atoms with E-state index in [1.807, 2.05) is 13.8 Å². The number of nitrogens with one attached hydrogen (secondary N) is 1. The van der Waals surface area contributed by atoms with Gasteiger partial charge in [-0.15, -0.1) is 0 Å². The van der Waals surface area contributed by atoms with E-state index >= 15 is 0 Å². The molecule has 0 radical (unpaired) electrons. The lowest BCUT2D eigenvalue weighted by Gasteiger charge is -2.05. The molecule has 0 saturated heterocycles. The Hall–Kier alpha value is -1.19. The van der Waals surface area contributed by atoms with E-state index < -0.39 is 0 Å². The molecular weight excluding hydrogens is 188 g/mol. The van der Waals surface area contributed by atoms with Crippen molar-refractivity contribution >= 4 is 5.95 Å². The van der Waals surface area contributed by atoms with Gasteiger partial charge in [0.15, 0.2) is 0 Å². The molecule has 1 aromatic heterocycles. The molecule has 0 unspecified atom stereocenters. The van der Waals surface area contributed by atoms with Crippen molar-refractivity contribution in [1.29, 1.82) is 0 Å². The zero-order chi connectivity index (χ0) is 11.1. The SMILES string of the molecule is CCCCCCNc1nc(C)nc(C)n1. The molecule has 0 saturated carbocycles. The van der Waals surface area contributed by atoms with Crippen LogP contribution in [0.4, 0.5) is 5.95 Å². The molecule has 0 atom stereocenters. The van der Waals surface area contributed by atoms with Crippen LogP contribution in [0.2, 0.25) is 0 Å². The van der Waals surface area contributed by atoms with Crippen molar-refractivity contribution in [2.75, 3.05) is 11.9 Å². The smallest absolute Gasteiger partial charge is 0.226 e. The third-order valence-corrected chi connectivity index (χ3v) is 2.17. The van der Waals surface area contributed by atoms with Crippen LogP contribution in [0.1, 0.15) is 44.3 Å². The van der Waals surface area contributed by atoms with Crippen molar-refractivity contribution in [2.45, 2.75) is 46.5 Å². The van der Waals surface area contributed by atoms with Gasteiger partial charge in [0.05, 0.1) is 0 Å². The van der Waals surface area contributed by atoms with Crippen LogP contribution >= 0.6 is 0 Å². The summed E-state index contributed by atoms with van der Waals surface area (Å²) in [6.45, 7) is 6.93. The average Bonchev–Trinajstić information content (AvgIpc) is 2.16. The van der Waals surface area contributed by atoms with Crippen molar-refractivity contribution in [2.24, 2.45) is 0 Å². The Morgan fingerprint density at radius 2 is 1.60 bits per heavy atom. The van der Waals surface area contributed by atoms with Crippen LogP contribution in [-0.4, -0.2) is 21.5 Å². The highest BCUT2D eigenvalue weighted by Crippen LogP contribution is 2.02. The van der Waals surface area contributed by atoms with Crippen molar-refractivity contribution in [3.63, 3.8) is 0 Å². The summed E-state index contributed by atoms with van der Waals surface area (Å²) < 4.78 is 0. The Labute approximate surface area is 91.6 Å². The van der Waals surface area contributed by atoms with Crippen LogP contribution in [0.25, 0.3) is 0 Å². The van der Waals surface area contributed by atoms with Crippen LogP contribution in [0.15, 0.2) is 0 Å². The largest absolute Gasteiger partial charge is 0.354 e. The van der Waals surface area contributed by atoms with Crippen molar-refractivity contribution in [3.8, 4) is 0 Å². The van der Waals surface area contributed by atoms with E-state index in [9.17, 15) is 0 Å². The van der Waals surface area contributed by atoms with Gasteiger partial charge < -0.3 is 5.32 Å². The molecular formula is C11H20N4. The minimum absolute atomic E-state index is 0.705. The number of unbranched alkanes of at least 4 members (excludes halogenated alkanes) is 3. The van der Waals surface area contributed by atoms with Gasteiger partial charge in [-0.1, -0.05) is 26.2 Å². The first-order chi connectivity index (χ1) is 7.22. The second-order valence-corrected chi connectivity index (χ2v) is 3.74. The zero-order valence-electron chi connectivity index (χ0n) is 9.88. The monoisotopic (exact) mass is 208 g/mol. The topological polar surface area (TPSA) is 50.7 Å². The van der Waals surface area contributed by atoms with Gasteiger partial charge in [0.1, 0.15) is 11.6 Å². The van der Waals surface area contributed by atoms with E-state index in [4.69, 9.17) is 0 Å². The molecule has 0 bridgehead atoms. The van der Waals surface area contributed by atoms with Crippen LogP contribution in [0.5, 0.6) is 0 Å². The maximum absolute atomic E-state index is 4.22. The maximum atomic E-state index is 4.22. The molecule has 1 heterocycles. The fraction of sp³-hybridized carbons (Fsp3) is 0.727. The Kier molecular flexibility index (Phi) is 5.01. The van der Waals surface area contributed by atoms with Crippen LogP contribution in [-0.2, 0) is 0 Å². The summed E-state index contributed by atoms with van der Waals surface area (Å²) in [5.41, 5.74) is 0. The van der Waals surface area contributed by atoms with Crippen molar-refractivity contribution in [3.05, 3.63) is 11.6 Å². The summed E-state index contributed by atoms with van der Waals surface area (Å²) in [6, 6.07) is 0. The lowest BCUT2D eigenvalue weighted by Crippen LogP contribution is -2.08. The molecule has 4 nitrogen and oxygen atoms in total. The summed E-state index contributed by atoms with van der Waals surface area (Å²) in [5.74, 6) is 2.26. The molecule has 0 aliphatic carbocycles. The van der Waals surface area contributed by atoms with Gasteiger partial charge in [-0.2, -0.15) is 9.97 Å². The van der Waals surface area contributed by atoms with Gasteiger partial charge in [0.25, 0.3) is 0 Å². The average molecular weight is 208 g/mol. The Morgan fingerprint density at radius 1 is 0.933 bits per heavy atom. The highest BCUT2D eigenvalue weighted by atomic mass is 15.1. The van der Waals surface area contributed by atoms with Gasteiger partial charge >= 0.3 is 0 Å². The third-order valence-electron chi connectivity index (χ3n) is 2.17. The molecule has 4 heteroatoms. The van der Waals surface area contributed by atoms with E-state index in [0.29, 0.717) is 5.95 Å². The standard InChI is InChI=1S/C11H20N4/c1-4-5-6-7-8-12-11-14-9(2)13-10(3)15-11/h4-8H2,1-3H3,(H,12,13,14,15). The minimum atomic E-state index is 0.705. The van der Waals surface area contributed by atoms with E-state index in [2.05, 4.69) is 27.2 Å². The summed E-state index contributed by atoms with van der Waals surface area (Å²) in [6.07, 6.45) is 5.02. The first kappa shape index (κ1) is 11.9. The van der Waals surface area contributed by atoms with Gasteiger partial charge in [0.2, 0.25) is 5.95 Å². The van der Waals surface area contributed by atoms with Gasteiger partial charge in [-0.05, 0) is 20.3 Å². The number of nitrogens with zero attached hydrogens (tertiary/aromatic N) is 3. The molecule has 1 aromatic rings.